The van der Waals surface area contributed by atoms with Crippen molar-refractivity contribution < 1.29 is 9.18 Å². The molecule has 2 heterocycles. The van der Waals surface area contributed by atoms with E-state index in [1.54, 1.807) is 12.1 Å². The van der Waals surface area contributed by atoms with Gasteiger partial charge in [-0.05, 0) is 55.0 Å². The predicted molar refractivity (Wildman–Crippen MR) is 132 cm³/mol. The van der Waals surface area contributed by atoms with Crippen LogP contribution in [0.25, 0.3) is 6.08 Å². The minimum absolute atomic E-state index is 0.188. The standard InChI is InChI=1S/C26H26ClFN4O/c1-19(30-26(33)11-9-20-8-10-22(27)18-24(20)28)21-5-4-6-23(17-21)31-13-15-32(16-14-31)25-7-2-3-12-29-25/h2-12,17-19H,13-16H2,1H3,(H,30,33)/b11-9+. The third kappa shape index (κ3) is 5.90. The summed E-state index contributed by atoms with van der Waals surface area (Å²) < 4.78 is 13.9. The second-order valence-corrected chi connectivity index (χ2v) is 8.42. The molecule has 0 radical (unpaired) electrons. The number of amides is 1. The maximum Gasteiger partial charge on any atom is 0.244 e. The number of nitrogens with zero attached hydrogens (tertiary/aromatic N) is 3. The van der Waals surface area contributed by atoms with Gasteiger partial charge >= 0.3 is 0 Å². The van der Waals surface area contributed by atoms with Gasteiger partial charge in [-0.3, -0.25) is 4.79 Å². The van der Waals surface area contributed by atoms with E-state index in [0.717, 1.165) is 43.2 Å². The molecule has 1 unspecified atom stereocenters. The van der Waals surface area contributed by atoms with Crippen LogP contribution in [-0.4, -0.2) is 37.1 Å². The lowest BCUT2D eigenvalue weighted by Gasteiger charge is -2.37. The SMILES string of the molecule is CC(NC(=O)/C=C/c1ccc(Cl)cc1F)c1cccc(N2CCN(c3ccccn3)CC2)c1. The number of piperazine rings is 1. The number of benzene rings is 2. The molecular formula is C26H26ClFN4O. The van der Waals surface area contributed by atoms with Crippen LogP contribution in [0.4, 0.5) is 15.9 Å². The number of carbonyl (C=O) groups is 1. The molecule has 4 rings (SSSR count). The van der Waals surface area contributed by atoms with E-state index in [4.69, 9.17) is 11.6 Å². The number of aromatic nitrogens is 1. The van der Waals surface area contributed by atoms with Gasteiger partial charge in [-0.15, -0.1) is 0 Å². The van der Waals surface area contributed by atoms with Crippen LogP contribution in [0.2, 0.25) is 5.02 Å². The molecule has 1 saturated heterocycles. The molecule has 1 aliphatic heterocycles. The van der Waals surface area contributed by atoms with E-state index in [-0.39, 0.29) is 11.9 Å². The Morgan fingerprint density at radius 3 is 2.58 bits per heavy atom. The summed E-state index contributed by atoms with van der Waals surface area (Å²) in [5.41, 5.74) is 2.46. The highest BCUT2D eigenvalue weighted by Gasteiger charge is 2.19. The number of carbonyl (C=O) groups excluding carboxylic acids is 1. The molecule has 0 aliphatic carbocycles. The molecule has 0 spiro atoms. The highest BCUT2D eigenvalue weighted by Crippen LogP contribution is 2.23. The summed E-state index contributed by atoms with van der Waals surface area (Å²) in [6.07, 6.45) is 4.61. The number of hydrogen-bond acceptors (Lipinski definition) is 4. The molecule has 1 aliphatic rings. The molecular weight excluding hydrogens is 439 g/mol. The zero-order valence-corrected chi connectivity index (χ0v) is 19.2. The molecule has 1 N–H and O–H groups in total. The number of rotatable bonds is 6. The third-order valence-electron chi connectivity index (χ3n) is 5.72. The average molecular weight is 465 g/mol. The van der Waals surface area contributed by atoms with Crippen LogP contribution in [0.3, 0.4) is 0 Å². The zero-order chi connectivity index (χ0) is 23.2. The van der Waals surface area contributed by atoms with Crippen molar-refractivity contribution >= 4 is 35.1 Å². The fourth-order valence-corrected chi connectivity index (χ4v) is 4.03. The Bertz CT molecular complexity index is 1130. The number of hydrogen-bond donors (Lipinski definition) is 1. The van der Waals surface area contributed by atoms with Crippen LogP contribution in [0, 0.1) is 5.82 Å². The molecule has 1 amide bonds. The molecule has 1 fully saturated rings. The van der Waals surface area contributed by atoms with Gasteiger partial charge in [0.2, 0.25) is 5.91 Å². The first-order valence-electron chi connectivity index (χ1n) is 10.9. The largest absolute Gasteiger partial charge is 0.368 e. The van der Waals surface area contributed by atoms with Gasteiger partial charge in [0, 0.05) is 54.7 Å². The van der Waals surface area contributed by atoms with Gasteiger partial charge in [-0.2, -0.15) is 0 Å². The molecule has 0 bridgehead atoms. The van der Waals surface area contributed by atoms with E-state index in [1.807, 2.05) is 43.5 Å². The van der Waals surface area contributed by atoms with Crippen molar-refractivity contribution in [1.82, 2.24) is 10.3 Å². The first-order chi connectivity index (χ1) is 16.0. The molecule has 0 saturated carbocycles. The van der Waals surface area contributed by atoms with Crippen LogP contribution in [-0.2, 0) is 4.79 Å². The summed E-state index contributed by atoms with van der Waals surface area (Å²) in [6, 6.07) is 18.4. The van der Waals surface area contributed by atoms with E-state index in [2.05, 4.69) is 32.2 Å². The van der Waals surface area contributed by atoms with Gasteiger partial charge in [0.1, 0.15) is 11.6 Å². The molecule has 2 aromatic carbocycles. The quantitative estimate of drug-likeness (QED) is 0.516. The molecule has 1 aromatic heterocycles. The van der Waals surface area contributed by atoms with E-state index in [0.29, 0.717) is 10.6 Å². The average Bonchev–Trinajstić information content (AvgIpc) is 2.84. The number of nitrogens with one attached hydrogen (secondary N) is 1. The van der Waals surface area contributed by atoms with Crippen molar-refractivity contribution in [3.8, 4) is 0 Å². The van der Waals surface area contributed by atoms with Gasteiger partial charge in [0.25, 0.3) is 0 Å². The summed E-state index contributed by atoms with van der Waals surface area (Å²) in [5, 5.41) is 3.27. The first-order valence-corrected chi connectivity index (χ1v) is 11.3. The van der Waals surface area contributed by atoms with E-state index >= 15 is 0 Å². The van der Waals surface area contributed by atoms with Crippen LogP contribution in [0.5, 0.6) is 0 Å². The van der Waals surface area contributed by atoms with Crippen LogP contribution < -0.4 is 15.1 Å². The topological polar surface area (TPSA) is 48.5 Å². The van der Waals surface area contributed by atoms with Crippen molar-refractivity contribution in [1.29, 1.82) is 0 Å². The van der Waals surface area contributed by atoms with E-state index in [1.165, 1.54) is 18.2 Å². The van der Waals surface area contributed by atoms with Gasteiger partial charge in [-0.25, -0.2) is 9.37 Å². The number of halogens is 2. The van der Waals surface area contributed by atoms with Gasteiger partial charge in [-0.1, -0.05) is 35.9 Å². The molecule has 7 heteroatoms. The lowest BCUT2D eigenvalue weighted by Crippen LogP contribution is -2.46. The molecule has 5 nitrogen and oxygen atoms in total. The van der Waals surface area contributed by atoms with E-state index in [9.17, 15) is 9.18 Å². The van der Waals surface area contributed by atoms with Crippen LogP contribution in [0.1, 0.15) is 24.1 Å². The van der Waals surface area contributed by atoms with Gasteiger partial charge in [0.15, 0.2) is 0 Å². The zero-order valence-electron chi connectivity index (χ0n) is 18.4. The number of anilines is 2. The maximum absolute atomic E-state index is 13.9. The van der Waals surface area contributed by atoms with Crippen LogP contribution >= 0.6 is 11.6 Å². The molecule has 3 aromatic rings. The molecule has 33 heavy (non-hydrogen) atoms. The van der Waals surface area contributed by atoms with Crippen molar-refractivity contribution in [2.45, 2.75) is 13.0 Å². The lowest BCUT2D eigenvalue weighted by molar-refractivity contribution is -0.117. The Morgan fingerprint density at radius 2 is 1.85 bits per heavy atom. The Labute approximate surface area is 198 Å². The smallest absolute Gasteiger partial charge is 0.244 e. The number of pyridine rings is 1. The van der Waals surface area contributed by atoms with Crippen molar-refractivity contribution in [2.75, 3.05) is 36.0 Å². The monoisotopic (exact) mass is 464 g/mol. The Balaban J connectivity index is 1.35. The fraction of sp³-hybridized carbons (Fsp3) is 0.231. The third-order valence-corrected chi connectivity index (χ3v) is 5.96. The van der Waals surface area contributed by atoms with Gasteiger partial charge in [0.05, 0.1) is 6.04 Å². The normalized spacial score (nSPS) is 15.0. The maximum atomic E-state index is 13.9. The van der Waals surface area contributed by atoms with Crippen molar-refractivity contribution in [3.05, 3.63) is 94.9 Å². The minimum Gasteiger partial charge on any atom is -0.368 e. The summed E-state index contributed by atoms with van der Waals surface area (Å²) in [6.45, 7) is 5.54. The Morgan fingerprint density at radius 1 is 1.06 bits per heavy atom. The summed E-state index contributed by atoms with van der Waals surface area (Å²) in [7, 11) is 0. The minimum atomic E-state index is -0.463. The molecule has 1 atom stereocenters. The summed E-state index contributed by atoms with van der Waals surface area (Å²) >= 11 is 5.77. The second-order valence-electron chi connectivity index (χ2n) is 7.99. The lowest BCUT2D eigenvalue weighted by atomic mass is 10.1. The summed E-state index contributed by atoms with van der Waals surface area (Å²) in [4.78, 5) is 21.4. The molecule has 170 valence electrons. The summed E-state index contributed by atoms with van der Waals surface area (Å²) in [5.74, 6) is 0.260. The first kappa shape index (κ1) is 22.8. The van der Waals surface area contributed by atoms with Crippen molar-refractivity contribution in [3.63, 3.8) is 0 Å². The highest BCUT2D eigenvalue weighted by molar-refractivity contribution is 6.30. The predicted octanol–water partition coefficient (Wildman–Crippen LogP) is 5.09. The second kappa shape index (κ2) is 10.5. The Kier molecular flexibility index (Phi) is 7.25. The van der Waals surface area contributed by atoms with E-state index < -0.39 is 5.82 Å². The van der Waals surface area contributed by atoms with Crippen LogP contribution in [0.15, 0.2) is 72.9 Å². The fourth-order valence-electron chi connectivity index (χ4n) is 3.87. The Hall–Kier alpha value is -3.38. The highest BCUT2D eigenvalue weighted by atomic mass is 35.5. The van der Waals surface area contributed by atoms with Gasteiger partial charge < -0.3 is 15.1 Å². The van der Waals surface area contributed by atoms with Crippen molar-refractivity contribution in [2.24, 2.45) is 0 Å².